The second-order valence-corrected chi connectivity index (χ2v) is 4.48. The van der Waals surface area contributed by atoms with Gasteiger partial charge in [-0.15, -0.1) is 0 Å². The Bertz CT molecular complexity index is 706. The fourth-order valence-corrected chi connectivity index (χ4v) is 2.16. The number of benzene rings is 1. The molecule has 0 atom stereocenters. The van der Waals surface area contributed by atoms with E-state index in [1.807, 2.05) is 0 Å². The Morgan fingerprint density at radius 2 is 1.87 bits per heavy atom. The molecule has 0 saturated heterocycles. The number of rotatable bonds is 7. The lowest BCUT2D eigenvalue weighted by molar-refractivity contribution is -0.384. The molecule has 2 rings (SSSR count). The van der Waals surface area contributed by atoms with Crippen LogP contribution in [0.15, 0.2) is 30.5 Å². The number of hydrogen-bond acceptors (Lipinski definition) is 7. The Morgan fingerprint density at radius 1 is 1.13 bits per heavy atom. The van der Waals surface area contributed by atoms with Gasteiger partial charge in [0, 0.05) is 24.4 Å². The summed E-state index contributed by atoms with van der Waals surface area (Å²) in [6.07, 6.45) is 1.49. The molecule has 0 aliphatic heterocycles. The first kappa shape index (κ1) is 16.3. The fraction of sp³-hybridized carbons (Fsp3) is 0.267. The molecular formula is C15H17N3O5. The van der Waals surface area contributed by atoms with E-state index in [0.29, 0.717) is 17.2 Å². The van der Waals surface area contributed by atoms with Crippen LogP contribution in [0.4, 0.5) is 11.5 Å². The Hall–Kier alpha value is -3.03. The minimum absolute atomic E-state index is 0.0908. The molecule has 0 saturated carbocycles. The smallest absolute Gasteiger partial charge is 0.311 e. The third kappa shape index (κ3) is 3.42. The van der Waals surface area contributed by atoms with Crippen LogP contribution in [0.5, 0.6) is 17.2 Å². The van der Waals surface area contributed by atoms with Crippen molar-refractivity contribution in [1.82, 2.24) is 4.98 Å². The first-order valence-electron chi connectivity index (χ1n) is 6.73. The van der Waals surface area contributed by atoms with E-state index in [1.165, 1.54) is 39.7 Å². The van der Waals surface area contributed by atoms with Gasteiger partial charge in [0.15, 0.2) is 11.5 Å². The molecule has 0 fully saturated rings. The van der Waals surface area contributed by atoms with Gasteiger partial charge in [0.2, 0.25) is 11.6 Å². The molecule has 0 amide bonds. The largest absolute Gasteiger partial charge is 0.493 e. The minimum Gasteiger partial charge on any atom is -0.493 e. The summed E-state index contributed by atoms with van der Waals surface area (Å²) >= 11 is 0. The van der Waals surface area contributed by atoms with Crippen molar-refractivity contribution < 1.29 is 19.1 Å². The van der Waals surface area contributed by atoms with Gasteiger partial charge >= 0.3 is 5.69 Å². The summed E-state index contributed by atoms with van der Waals surface area (Å²) < 4.78 is 15.9. The van der Waals surface area contributed by atoms with Gasteiger partial charge in [-0.2, -0.15) is 0 Å². The molecule has 0 aliphatic rings. The SMILES string of the molecule is COc1ccc(CNc2ncccc2[N+](=O)[O-])c(OC)c1OC. The highest BCUT2D eigenvalue weighted by Crippen LogP contribution is 2.40. The van der Waals surface area contributed by atoms with Crippen LogP contribution in [0.1, 0.15) is 5.56 Å². The van der Waals surface area contributed by atoms with Crippen molar-refractivity contribution >= 4 is 11.5 Å². The van der Waals surface area contributed by atoms with Crippen LogP contribution in [-0.4, -0.2) is 31.2 Å². The van der Waals surface area contributed by atoms with Crippen molar-refractivity contribution in [3.8, 4) is 17.2 Å². The summed E-state index contributed by atoms with van der Waals surface area (Å²) in [6.45, 7) is 0.279. The summed E-state index contributed by atoms with van der Waals surface area (Å²) in [7, 11) is 4.57. The van der Waals surface area contributed by atoms with Crippen LogP contribution >= 0.6 is 0 Å². The molecule has 23 heavy (non-hydrogen) atoms. The quantitative estimate of drug-likeness (QED) is 0.619. The van der Waals surface area contributed by atoms with Crippen molar-refractivity contribution in [2.24, 2.45) is 0 Å². The fourth-order valence-electron chi connectivity index (χ4n) is 2.16. The first-order chi connectivity index (χ1) is 11.1. The zero-order valence-corrected chi connectivity index (χ0v) is 13.0. The Morgan fingerprint density at radius 3 is 2.48 bits per heavy atom. The molecule has 0 unspecified atom stereocenters. The minimum atomic E-state index is -0.485. The molecule has 8 heteroatoms. The van der Waals surface area contributed by atoms with Crippen molar-refractivity contribution in [2.75, 3.05) is 26.6 Å². The summed E-state index contributed by atoms with van der Waals surface area (Å²) in [4.78, 5) is 14.5. The number of aromatic nitrogens is 1. The molecule has 0 aliphatic carbocycles. The molecule has 1 heterocycles. The van der Waals surface area contributed by atoms with E-state index >= 15 is 0 Å². The number of nitro groups is 1. The highest BCUT2D eigenvalue weighted by Gasteiger charge is 2.18. The summed E-state index contributed by atoms with van der Waals surface area (Å²) in [5.74, 6) is 1.69. The lowest BCUT2D eigenvalue weighted by atomic mass is 10.1. The standard InChI is InChI=1S/C15H17N3O5/c1-21-12-7-6-10(13(22-2)14(12)23-3)9-17-15-11(18(19)20)5-4-8-16-15/h4-8H,9H2,1-3H3,(H,16,17). The second-order valence-electron chi connectivity index (χ2n) is 4.48. The summed E-state index contributed by atoms with van der Waals surface area (Å²) in [5.41, 5.74) is 0.664. The molecule has 1 N–H and O–H groups in total. The Kier molecular flexibility index (Phi) is 5.19. The van der Waals surface area contributed by atoms with Gasteiger partial charge in [0.1, 0.15) is 0 Å². The molecule has 122 valence electrons. The van der Waals surface area contributed by atoms with Gasteiger partial charge in [-0.3, -0.25) is 10.1 Å². The first-order valence-corrected chi connectivity index (χ1v) is 6.73. The molecule has 0 bridgehead atoms. The van der Waals surface area contributed by atoms with E-state index in [0.717, 1.165) is 5.56 Å². The molecular weight excluding hydrogens is 302 g/mol. The van der Waals surface area contributed by atoms with E-state index in [2.05, 4.69) is 10.3 Å². The maximum absolute atomic E-state index is 11.0. The van der Waals surface area contributed by atoms with Crippen LogP contribution < -0.4 is 19.5 Å². The van der Waals surface area contributed by atoms with Crippen LogP contribution in [0, 0.1) is 10.1 Å². The van der Waals surface area contributed by atoms with Gasteiger partial charge in [-0.25, -0.2) is 4.98 Å². The van der Waals surface area contributed by atoms with Gasteiger partial charge in [-0.05, 0) is 18.2 Å². The molecule has 1 aromatic heterocycles. The third-order valence-corrected chi connectivity index (χ3v) is 3.22. The van der Waals surface area contributed by atoms with E-state index in [9.17, 15) is 10.1 Å². The van der Waals surface area contributed by atoms with Crippen molar-refractivity contribution in [3.05, 3.63) is 46.1 Å². The number of nitrogens with one attached hydrogen (secondary N) is 1. The lowest BCUT2D eigenvalue weighted by Crippen LogP contribution is -2.06. The second kappa shape index (κ2) is 7.30. The van der Waals surface area contributed by atoms with E-state index in [-0.39, 0.29) is 18.1 Å². The number of pyridine rings is 1. The zero-order valence-electron chi connectivity index (χ0n) is 13.0. The van der Waals surface area contributed by atoms with E-state index < -0.39 is 4.92 Å². The molecule has 1 aromatic carbocycles. The van der Waals surface area contributed by atoms with Gasteiger partial charge in [0.25, 0.3) is 0 Å². The topological polar surface area (TPSA) is 95.8 Å². The van der Waals surface area contributed by atoms with Crippen LogP contribution in [0.3, 0.4) is 0 Å². The predicted molar refractivity (Wildman–Crippen MR) is 84.3 cm³/mol. The molecule has 2 aromatic rings. The maximum atomic E-state index is 11.0. The van der Waals surface area contributed by atoms with Crippen LogP contribution in [-0.2, 0) is 6.54 Å². The van der Waals surface area contributed by atoms with E-state index in [4.69, 9.17) is 14.2 Å². The molecule has 0 radical (unpaired) electrons. The van der Waals surface area contributed by atoms with Gasteiger partial charge < -0.3 is 19.5 Å². The third-order valence-electron chi connectivity index (χ3n) is 3.22. The van der Waals surface area contributed by atoms with Gasteiger partial charge in [-0.1, -0.05) is 0 Å². The highest BCUT2D eigenvalue weighted by molar-refractivity contribution is 5.59. The number of hydrogen-bond donors (Lipinski definition) is 1. The Labute approximate surface area is 133 Å². The zero-order chi connectivity index (χ0) is 16.8. The summed E-state index contributed by atoms with van der Waals surface area (Å²) in [6, 6.07) is 6.44. The normalized spacial score (nSPS) is 10.0. The average Bonchev–Trinajstić information content (AvgIpc) is 2.58. The van der Waals surface area contributed by atoms with Crippen LogP contribution in [0.25, 0.3) is 0 Å². The lowest BCUT2D eigenvalue weighted by Gasteiger charge is -2.16. The van der Waals surface area contributed by atoms with Crippen molar-refractivity contribution in [3.63, 3.8) is 0 Å². The number of ether oxygens (including phenoxy) is 3. The van der Waals surface area contributed by atoms with Crippen molar-refractivity contribution in [2.45, 2.75) is 6.54 Å². The van der Waals surface area contributed by atoms with Crippen molar-refractivity contribution in [1.29, 1.82) is 0 Å². The number of anilines is 1. The van der Waals surface area contributed by atoms with Crippen LogP contribution in [0.2, 0.25) is 0 Å². The van der Waals surface area contributed by atoms with E-state index in [1.54, 1.807) is 12.1 Å². The highest BCUT2D eigenvalue weighted by atomic mass is 16.6. The number of methoxy groups -OCH3 is 3. The average molecular weight is 319 g/mol. The monoisotopic (exact) mass is 319 g/mol. The Balaban J connectivity index is 2.29. The summed E-state index contributed by atoms with van der Waals surface area (Å²) in [5, 5.41) is 13.9. The molecule has 8 nitrogen and oxygen atoms in total. The van der Waals surface area contributed by atoms with Gasteiger partial charge in [0.05, 0.1) is 26.3 Å². The predicted octanol–water partition coefficient (Wildman–Crippen LogP) is 2.63. The maximum Gasteiger partial charge on any atom is 0.311 e. The molecule has 0 spiro atoms. The number of nitrogens with zero attached hydrogens (tertiary/aromatic N) is 2.